The molecule has 0 aliphatic heterocycles. The molecule has 17 nitrogen and oxygen atoms in total. The average molecular weight is 1390 g/mol. The minimum Gasteiger partial charge on any atom is -0.462 e. The molecule has 0 rings (SSSR count). The third-order valence-corrected chi connectivity index (χ3v) is 19.3. The molecule has 0 heterocycles. The third kappa shape index (κ3) is 68.5. The zero-order chi connectivity index (χ0) is 70.1. The molecule has 6 atom stereocenters. The molecule has 0 saturated carbocycles. The molecular formula is C76H144O17P2. The number of unbranched alkanes of at least 4 members (excludes halogenated alkanes) is 36. The van der Waals surface area contributed by atoms with Crippen LogP contribution in [0.25, 0.3) is 0 Å². The predicted octanol–water partition coefficient (Wildman–Crippen LogP) is 21.7. The molecule has 0 amide bonds. The van der Waals surface area contributed by atoms with Gasteiger partial charge >= 0.3 is 39.5 Å². The molecule has 0 fully saturated rings. The van der Waals surface area contributed by atoms with Crippen molar-refractivity contribution in [2.24, 2.45) is 17.8 Å². The molecule has 4 unspecified atom stereocenters. The number of allylic oxidation sites excluding steroid dienone is 4. The first kappa shape index (κ1) is 92.5. The Balaban J connectivity index is 5.29. The lowest BCUT2D eigenvalue weighted by Crippen LogP contribution is -2.30. The first-order chi connectivity index (χ1) is 45.8. The molecule has 0 aromatic carbocycles. The van der Waals surface area contributed by atoms with Crippen LogP contribution in [0.1, 0.15) is 363 Å². The molecule has 0 aromatic rings. The standard InChI is InChI=1S/C76H144O17P2/c1-8-10-11-12-13-14-15-16-17-20-24-30-37-45-52-59-75(80)93-72(64-87-74(79)58-51-44-39-32-34-41-48-55-68(5)6)66-91-95(84,85)89-62-70(77)61-88-94(82,83)90-65-71(92-76(81)60-53-46-38-31-26-25-28-35-42-49-56-69(7)9-2)63-86-73(78)57-50-43-36-29-23-21-18-19-22-27-33-40-47-54-67(3)4/h14-17,67-72,77H,8-13,18-66H2,1-7H3,(H,82,83)(H,84,85)/b15-14-,17-16-/t69?,70?,71-,72-/m1/s1. The van der Waals surface area contributed by atoms with Crippen LogP contribution in [0.15, 0.2) is 24.3 Å². The van der Waals surface area contributed by atoms with Crippen LogP contribution >= 0.6 is 15.6 Å². The zero-order valence-corrected chi connectivity index (χ0v) is 63.4. The van der Waals surface area contributed by atoms with E-state index in [2.05, 4.69) is 72.8 Å². The molecule has 95 heavy (non-hydrogen) atoms. The summed E-state index contributed by atoms with van der Waals surface area (Å²) in [5.74, 6) is 0.144. The van der Waals surface area contributed by atoms with Crippen LogP contribution in [0, 0.1) is 17.8 Å². The normalized spacial score (nSPS) is 14.5. The van der Waals surface area contributed by atoms with Crippen LogP contribution in [0.4, 0.5) is 0 Å². The maximum Gasteiger partial charge on any atom is 0.472 e. The highest BCUT2D eigenvalue weighted by Gasteiger charge is 2.30. The van der Waals surface area contributed by atoms with Crippen molar-refractivity contribution in [2.75, 3.05) is 39.6 Å². The van der Waals surface area contributed by atoms with Gasteiger partial charge in [-0.2, -0.15) is 0 Å². The largest absolute Gasteiger partial charge is 0.472 e. The van der Waals surface area contributed by atoms with Crippen molar-refractivity contribution in [3.63, 3.8) is 0 Å². The van der Waals surface area contributed by atoms with Gasteiger partial charge in [0.1, 0.15) is 19.3 Å². The SMILES string of the molecule is CCCCCC/C=C\C=C/CCCCCCCC(=O)O[C@H](COC(=O)CCCCCCCCCC(C)C)COP(=O)(O)OCC(O)COP(=O)(O)OC[C@@H](COC(=O)CCCCCCCCCCCCCCCC(C)C)OC(=O)CCCCCCCCCCCCC(C)CC. The summed E-state index contributed by atoms with van der Waals surface area (Å²) in [5.41, 5.74) is 0. The third-order valence-electron chi connectivity index (χ3n) is 17.4. The molecule has 19 heteroatoms. The summed E-state index contributed by atoms with van der Waals surface area (Å²) in [4.78, 5) is 72.8. The maximum absolute atomic E-state index is 13.1. The minimum atomic E-state index is -4.96. The van der Waals surface area contributed by atoms with E-state index in [1.807, 2.05) is 0 Å². The Labute approximate surface area is 580 Å². The Hall–Kier alpha value is -2.46. The molecule has 0 aliphatic carbocycles. The smallest absolute Gasteiger partial charge is 0.462 e. The number of phosphoric ester groups is 2. The number of hydrogen-bond donors (Lipinski definition) is 3. The van der Waals surface area contributed by atoms with Gasteiger partial charge in [0, 0.05) is 25.7 Å². The van der Waals surface area contributed by atoms with E-state index >= 15 is 0 Å². The van der Waals surface area contributed by atoms with Crippen molar-refractivity contribution >= 4 is 39.5 Å². The van der Waals surface area contributed by atoms with E-state index in [1.165, 1.54) is 154 Å². The Morgan fingerprint density at radius 2 is 0.621 bits per heavy atom. The summed E-state index contributed by atoms with van der Waals surface area (Å²) >= 11 is 0. The quantitative estimate of drug-likeness (QED) is 0.0169. The van der Waals surface area contributed by atoms with Gasteiger partial charge < -0.3 is 33.8 Å². The monoisotopic (exact) mass is 1390 g/mol. The van der Waals surface area contributed by atoms with Crippen LogP contribution < -0.4 is 0 Å². The number of carbonyl (C=O) groups is 4. The number of hydrogen-bond acceptors (Lipinski definition) is 15. The summed E-state index contributed by atoms with van der Waals surface area (Å²) in [6.45, 7) is 11.8. The number of phosphoric acid groups is 2. The van der Waals surface area contributed by atoms with E-state index in [-0.39, 0.29) is 25.7 Å². The second-order valence-corrected chi connectivity index (χ2v) is 30.8. The molecule has 0 aromatic heterocycles. The van der Waals surface area contributed by atoms with Crippen molar-refractivity contribution < 1.29 is 80.2 Å². The van der Waals surface area contributed by atoms with Gasteiger partial charge in [-0.25, -0.2) is 9.13 Å². The van der Waals surface area contributed by atoms with Crippen molar-refractivity contribution in [3.05, 3.63) is 24.3 Å². The molecule has 3 N–H and O–H groups in total. The van der Waals surface area contributed by atoms with Gasteiger partial charge in [-0.1, -0.05) is 310 Å². The predicted molar refractivity (Wildman–Crippen MR) is 386 cm³/mol. The molecule has 0 saturated heterocycles. The van der Waals surface area contributed by atoms with Crippen molar-refractivity contribution in [1.29, 1.82) is 0 Å². The van der Waals surface area contributed by atoms with E-state index in [0.29, 0.717) is 31.6 Å². The molecule has 560 valence electrons. The molecule has 0 bridgehead atoms. The maximum atomic E-state index is 13.1. The summed E-state index contributed by atoms with van der Waals surface area (Å²) in [7, 11) is -9.93. The number of esters is 4. The van der Waals surface area contributed by atoms with Crippen molar-refractivity contribution in [1.82, 2.24) is 0 Å². The Morgan fingerprint density at radius 1 is 0.347 bits per heavy atom. The summed E-state index contributed by atoms with van der Waals surface area (Å²) in [5, 5.41) is 10.6. The lowest BCUT2D eigenvalue weighted by atomic mass is 9.99. The highest BCUT2D eigenvalue weighted by molar-refractivity contribution is 7.47. The molecule has 0 spiro atoms. The Morgan fingerprint density at radius 3 is 0.937 bits per heavy atom. The second-order valence-electron chi connectivity index (χ2n) is 27.9. The summed E-state index contributed by atoms with van der Waals surface area (Å²) in [6.07, 6.45) is 54.9. The number of rotatable bonds is 72. The average Bonchev–Trinajstić information content (AvgIpc) is 1.66. The number of ether oxygens (including phenoxy) is 4. The highest BCUT2D eigenvalue weighted by Crippen LogP contribution is 2.45. The van der Waals surface area contributed by atoms with Crippen molar-refractivity contribution in [3.8, 4) is 0 Å². The van der Waals surface area contributed by atoms with Crippen LogP contribution in [0.5, 0.6) is 0 Å². The first-order valence-electron chi connectivity index (χ1n) is 38.7. The minimum absolute atomic E-state index is 0.0839. The van der Waals surface area contributed by atoms with Crippen molar-refractivity contribution in [2.45, 2.75) is 381 Å². The first-order valence-corrected chi connectivity index (χ1v) is 41.7. The van der Waals surface area contributed by atoms with Gasteiger partial charge in [0.15, 0.2) is 12.2 Å². The van der Waals surface area contributed by atoms with Gasteiger partial charge in [-0.3, -0.25) is 37.3 Å². The fourth-order valence-corrected chi connectivity index (χ4v) is 12.6. The Kier molecular flexibility index (Phi) is 64.4. The summed E-state index contributed by atoms with van der Waals surface area (Å²) in [6, 6.07) is 0. The van der Waals surface area contributed by atoms with Gasteiger partial charge in [0.25, 0.3) is 0 Å². The lowest BCUT2D eigenvalue weighted by molar-refractivity contribution is -0.161. The van der Waals surface area contributed by atoms with Gasteiger partial charge in [-0.05, 0) is 69.1 Å². The second kappa shape index (κ2) is 66.1. The zero-order valence-electron chi connectivity index (χ0n) is 61.6. The van der Waals surface area contributed by atoms with Crippen LogP contribution in [-0.4, -0.2) is 96.7 Å². The fraction of sp³-hybridized carbons (Fsp3) is 0.895. The van der Waals surface area contributed by atoms with Gasteiger partial charge in [0.05, 0.1) is 26.4 Å². The van der Waals surface area contributed by atoms with E-state index in [0.717, 1.165) is 121 Å². The molecular weight excluding hydrogens is 1250 g/mol. The number of aliphatic hydroxyl groups is 1. The van der Waals surface area contributed by atoms with E-state index < -0.39 is 97.5 Å². The van der Waals surface area contributed by atoms with E-state index in [4.69, 9.17) is 37.0 Å². The summed E-state index contributed by atoms with van der Waals surface area (Å²) < 4.78 is 68.5. The number of aliphatic hydroxyl groups excluding tert-OH is 1. The van der Waals surface area contributed by atoms with Crippen LogP contribution in [-0.2, 0) is 65.4 Å². The van der Waals surface area contributed by atoms with E-state index in [9.17, 15) is 43.2 Å². The van der Waals surface area contributed by atoms with Crippen LogP contribution in [0.3, 0.4) is 0 Å². The molecule has 0 aliphatic rings. The fourth-order valence-electron chi connectivity index (χ4n) is 11.0. The topological polar surface area (TPSA) is 237 Å². The van der Waals surface area contributed by atoms with Gasteiger partial charge in [0.2, 0.25) is 0 Å². The molecule has 0 radical (unpaired) electrons. The van der Waals surface area contributed by atoms with E-state index in [1.54, 1.807) is 0 Å². The van der Waals surface area contributed by atoms with Crippen LogP contribution in [0.2, 0.25) is 0 Å². The highest BCUT2D eigenvalue weighted by atomic mass is 31.2. The lowest BCUT2D eigenvalue weighted by Gasteiger charge is -2.21. The Bertz CT molecular complexity index is 1950. The van der Waals surface area contributed by atoms with Gasteiger partial charge in [-0.15, -0.1) is 0 Å². The number of carbonyl (C=O) groups excluding carboxylic acids is 4.